The van der Waals surface area contributed by atoms with Gasteiger partial charge in [0.25, 0.3) is 12.3 Å². The van der Waals surface area contributed by atoms with Crippen molar-refractivity contribution in [1.29, 1.82) is 0 Å². The second-order valence-corrected chi connectivity index (χ2v) is 2.76. The van der Waals surface area contributed by atoms with Gasteiger partial charge in [-0.25, -0.2) is 13.8 Å². The first-order chi connectivity index (χ1) is 6.43. The van der Waals surface area contributed by atoms with Crippen LogP contribution >= 0.6 is 11.6 Å². The van der Waals surface area contributed by atoms with Crippen molar-refractivity contribution in [3.63, 3.8) is 0 Å². The monoisotopic (exact) mass is 224 g/mol. The van der Waals surface area contributed by atoms with E-state index in [1.165, 1.54) is 0 Å². The lowest BCUT2D eigenvalue weighted by Gasteiger charge is -2.06. The average molecular weight is 225 g/mol. The van der Waals surface area contributed by atoms with Gasteiger partial charge in [0.05, 0.1) is 10.6 Å². The molecule has 3 nitrogen and oxygen atoms in total. The number of carbonyl (C=O) groups is 1. The van der Waals surface area contributed by atoms with Crippen LogP contribution in [0.3, 0.4) is 0 Å². The number of pyridine rings is 1. The molecule has 0 atom stereocenters. The third-order valence-electron chi connectivity index (χ3n) is 1.43. The molecule has 0 aliphatic carbocycles. The Bertz CT molecular complexity index is 383. The summed E-state index contributed by atoms with van der Waals surface area (Å²) in [5.74, 6) is -2.38. The number of hydrogen-bond acceptors (Lipinski definition) is 2. The van der Waals surface area contributed by atoms with E-state index in [-0.39, 0.29) is 0 Å². The van der Waals surface area contributed by atoms with Gasteiger partial charge in [0.1, 0.15) is 5.69 Å². The summed E-state index contributed by atoms with van der Waals surface area (Å²) in [4.78, 5) is 13.6. The molecule has 1 heterocycles. The molecule has 0 saturated carbocycles. The Morgan fingerprint density at radius 3 is 2.57 bits per heavy atom. The second kappa shape index (κ2) is 3.83. The minimum atomic E-state index is -3.03. The van der Waals surface area contributed by atoms with Crippen molar-refractivity contribution >= 4 is 17.5 Å². The number of nitrogens with two attached hydrogens (primary N) is 1. The summed E-state index contributed by atoms with van der Waals surface area (Å²) in [5, 5.41) is -0.568. The Morgan fingerprint density at radius 1 is 1.57 bits per heavy atom. The smallest absolute Gasteiger partial charge is 0.267 e. The number of rotatable bonds is 2. The highest BCUT2D eigenvalue weighted by atomic mass is 35.5. The lowest BCUT2D eigenvalue weighted by molar-refractivity contribution is 0.0978. The first kappa shape index (κ1) is 10.8. The van der Waals surface area contributed by atoms with Gasteiger partial charge in [0.2, 0.25) is 5.95 Å². The van der Waals surface area contributed by atoms with Crippen molar-refractivity contribution in [2.24, 2.45) is 5.73 Å². The van der Waals surface area contributed by atoms with Gasteiger partial charge in [-0.3, -0.25) is 4.79 Å². The zero-order chi connectivity index (χ0) is 10.9. The molecule has 14 heavy (non-hydrogen) atoms. The van der Waals surface area contributed by atoms with Crippen LogP contribution in [0.15, 0.2) is 6.07 Å². The predicted molar refractivity (Wildman–Crippen MR) is 42.7 cm³/mol. The SMILES string of the molecule is NC(=O)c1nc(F)cc(Cl)c1C(F)F. The molecule has 7 heteroatoms. The molecule has 0 saturated heterocycles. The highest BCUT2D eigenvalue weighted by Crippen LogP contribution is 2.29. The van der Waals surface area contributed by atoms with Crippen molar-refractivity contribution in [2.75, 3.05) is 0 Å². The molecule has 76 valence electrons. The number of alkyl halides is 2. The number of primary amides is 1. The molecule has 1 aromatic rings. The zero-order valence-corrected chi connectivity index (χ0v) is 7.36. The van der Waals surface area contributed by atoms with E-state index >= 15 is 0 Å². The standard InChI is InChI=1S/C7H4ClF3N2O/c8-2-1-3(9)13-5(7(12)14)4(2)6(10)11/h1,6H,(H2,12,14). The predicted octanol–water partition coefficient (Wildman–Crippen LogP) is 1.91. The van der Waals surface area contributed by atoms with E-state index in [0.717, 1.165) is 0 Å². The Morgan fingerprint density at radius 2 is 2.14 bits per heavy atom. The Balaban J connectivity index is 3.44. The van der Waals surface area contributed by atoms with Crippen molar-refractivity contribution in [1.82, 2.24) is 4.98 Å². The van der Waals surface area contributed by atoms with Crippen molar-refractivity contribution in [2.45, 2.75) is 6.43 Å². The lowest BCUT2D eigenvalue weighted by Crippen LogP contribution is -2.17. The van der Waals surface area contributed by atoms with Gasteiger partial charge in [-0.1, -0.05) is 11.6 Å². The number of hydrogen-bond donors (Lipinski definition) is 1. The summed E-state index contributed by atoms with van der Waals surface area (Å²) in [6.45, 7) is 0. The van der Waals surface area contributed by atoms with Crippen molar-refractivity contribution < 1.29 is 18.0 Å². The average Bonchev–Trinajstić information content (AvgIpc) is 2.01. The molecule has 2 N–H and O–H groups in total. The van der Waals surface area contributed by atoms with Crippen LogP contribution in [0.5, 0.6) is 0 Å². The van der Waals surface area contributed by atoms with Crippen LogP contribution in [0.4, 0.5) is 13.2 Å². The fraction of sp³-hybridized carbons (Fsp3) is 0.143. The van der Waals surface area contributed by atoms with E-state index in [4.69, 9.17) is 17.3 Å². The maximum absolute atomic E-state index is 12.6. The molecule has 0 spiro atoms. The molecule has 1 amide bonds. The van der Waals surface area contributed by atoms with Gasteiger partial charge in [-0.2, -0.15) is 4.39 Å². The minimum Gasteiger partial charge on any atom is -0.364 e. The Labute approximate surface area is 81.7 Å². The van der Waals surface area contributed by atoms with E-state index in [1.54, 1.807) is 0 Å². The number of amides is 1. The largest absolute Gasteiger partial charge is 0.364 e. The Kier molecular flexibility index (Phi) is 2.95. The third-order valence-corrected chi connectivity index (χ3v) is 1.74. The number of halogens is 4. The maximum Gasteiger partial charge on any atom is 0.267 e. The van der Waals surface area contributed by atoms with E-state index in [1.807, 2.05) is 0 Å². The van der Waals surface area contributed by atoms with E-state index < -0.39 is 34.6 Å². The molecular formula is C7H4ClF3N2O. The molecule has 0 aliphatic rings. The summed E-state index contributed by atoms with van der Waals surface area (Å²) in [6.07, 6.45) is -3.03. The molecule has 0 bridgehead atoms. The summed E-state index contributed by atoms with van der Waals surface area (Å²) in [6, 6.07) is 0.593. The van der Waals surface area contributed by atoms with Crippen molar-refractivity contribution in [3.8, 4) is 0 Å². The van der Waals surface area contributed by atoms with Gasteiger partial charge in [-0.05, 0) is 0 Å². The van der Waals surface area contributed by atoms with Gasteiger partial charge in [0.15, 0.2) is 0 Å². The van der Waals surface area contributed by atoms with Crippen LogP contribution in [-0.4, -0.2) is 10.9 Å². The molecule has 0 aliphatic heterocycles. The van der Waals surface area contributed by atoms with Gasteiger partial charge in [-0.15, -0.1) is 0 Å². The van der Waals surface area contributed by atoms with Gasteiger partial charge < -0.3 is 5.73 Å². The molecule has 1 aromatic heterocycles. The molecular weight excluding hydrogens is 221 g/mol. The quantitative estimate of drug-likeness (QED) is 0.780. The molecule has 0 unspecified atom stereocenters. The lowest BCUT2D eigenvalue weighted by atomic mass is 10.2. The maximum atomic E-state index is 12.6. The van der Waals surface area contributed by atoms with Crippen molar-refractivity contribution in [3.05, 3.63) is 28.3 Å². The minimum absolute atomic E-state index is 0.568. The first-order valence-electron chi connectivity index (χ1n) is 3.37. The molecule has 1 rings (SSSR count). The van der Waals surface area contributed by atoms with Crippen LogP contribution in [0, 0.1) is 5.95 Å². The highest BCUT2D eigenvalue weighted by molar-refractivity contribution is 6.31. The summed E-state index contributed by atoms with van der Waals surface area (Å²) in [5.41, 5.74) is 3.04. The number of aromatic nitrogens is 1. The topological polar surface area (TPSA) is 56.0 Å². The second-order valence-electron chi connectivity index (χ2n) is 2.35. The van der Waals surface area contributed by atoms with Gasteiger partial charge in [0, 0.05) is 6.07 Å². The molecule has 0 fully saturated rings. The summed E-state index contributed by atoms with van der Waals surface area (Å²) < 4.78 is 37.2. The van der Waals surface area contributed by atoms with E-state index in [2.05, 4.69) is 4.98 Å². The van der Waals surface area contributed by atoms with E-state index in [0.29, 0.717) is 6.07 Å². The zero-order valence-electron chi connectivity index (χ0n) is 6.60. The van der Waals surface area contributed by atoms with Crippen LogP contribution in [-0.2, 0) is 0 Å². The first-order valence-corrected chi connectivity index (χ1v) is 3.75. The summed E-state index contributed by atoms with van der Waals surface area (Å²) in [7, 11) is 0. The highest BCUT2D eigenvalue weighted by Gasteiger charge is 2.23. The fourth-order valence-electron chi connectivity index (χ4n) is 0.890. The number of nitrogens with zero attached hydrogens (tertiary/aromatic N) is 1. The fourth-order valence-corrected chi connectivity index (χ4v) is 1.15. The Hall–Kier alpha value is -1.30. The van der Waals surface area contributed by atoms with Crippen LogP contribution < -0.4 is 5.73 Å². The van der Waals surface area contributed by atoms with Gasteiger partial charge >= 0.3 is 0 Å². The number of carbonyl (C=O) groups excluding carboxylic acids is 1. The van der Waals surface area contributed by atoms with E-state index in [9.17, 15) is 18.0 Å². The van der Waals surface area contributed by atoms with Crippen LogP contribution in [0.1, 0.15) is 22.5 Å². The van der Waals surface area contributed by atoms with Crippen LogP contribution in [0.2, 0.25) is 5.02 Å². The molecule has 0 aromatic carbocycles. The summed E-state index contributed by atoms with van der Waals surface area (Å²) >= 11 is 5.31. The van der Waals surface area contributed by atoms with Crippen LogP contribution in [0.25, 0.3) is 0 Å². The normalized spacial score (nSPS) is 10.6. The third kappa shape index (κ3) is 1.95. The molecule has 0 radical (unpaired) electrons.